The number of nitrogens with zero attached hydrogens (tertiary/aromatic N) is 1. The second-order valence-corrected chi connectivity index (χ2v) is 4.89. The minimum atomic E-state index is -0.0107. The van der Waals surface area contributed by atoms with Crippen LogP contribution in [0.3, 0.4) is 0 Å². The number of rotatable bonds is 7. The molecular weight excluding hydrogens is 288 g/mol. The first-order valence-electron chi connectivity index (χ1n) is 6.79. The Morgan fingerprint density at radius 1 is 1.19 bits per heavy atom. The van der Waals surface area contributed by atoms with Crippen LogP contribution in [0.15, 0.2) is 48.7 Å². The van der Waals surface area contributed by atoms with Gasteiger partial charge in [0.1, 0.15) is 5.75 Å². The normalized spacial score (nSPS) is 10.1. The van der Waals surface area contributed by atoms with Crippen LogP contribution < -0.4 is 10.1 Å². The van der Waals surface area contributed by atoms with Crippen LogP contribution >= 0.6 is 11.6 Å². The third kappa shape index (κ3) is 5.44. The lowest BCUT2D eigenvalue weighted by Crippen LogP contribution is -2.23. The molecular formula is C16H17ClN2O2. The number of hydrogen-bond donors (Lipinski definition) is 1. The lowest BCUT2D eigenvalue weighted by molar-refractivity contribution is -0.121. The van der Waals surface area contributed by atoms with E-state index < -0.39 is 0 Å². The number of nitrogens with one attached hydrogen (secondary N) is 1. The summed E-state index contributed by atoms with van der Waals surface area (Å²) >= 11 is 5.97. The van der Waals surface area contributed by atoms with Crippen molar-refractivity contribution in [1.82, 2.24) is 10.3 Å². The number of halogens is 1. The zero-order valence-electron chi connectivity index (χ0n) is 11.6. The van der Waals surface area contributed by atoms with Crippen molar-refractivity contribution in [2.24, 2.45) is 0 Å². The van der Waals surface area contributed by atoms with Gasteiger partial charge in [0.25, 0.3) is 0 Å². The number of ether oxygens (including phenoxy) is 1. The second kappa shape index (κ2) is 8.27. The van der Waals surface area contributed by atoms with E-state index in [0.29, 0.717) is 36.8 Å². The van der Waals surface area contributed by atoms with E-state index in [4.69, 9.17) is 16.3 Å². The fourth-order valence-corrected chi connectivity index (χ4v) is 1.95. The van der Waals surface area contributed by atoms with Gasteiger partial charge >= 0.3 is 0 Å². The maximum atomic E-state index is 11.7. The number of benzene rings is 1. The number of amides is 1. The topological polar surface area (TPSA) is 51.2 Å². The smallest absolute Gasteiger partial charge is 0.220 e. The van der Waals surface area contributed by atoms with Gasteiger partial charge in [0, 0.05) is 12.6 Å². The van der Waals surface area contributed by atoms with Crippen LogP contribution in [0.25, 0.3) is 0 Å². The zero-order valence-corrected chi connectivity index (χ0v) is 12.3. The zero-order chi connectivity index (χ0) is 14.9. The average molecular weight is 305 g/mol. The average Bonchev–Trinajstić information content (AvgIpc) is 2.52. The molecule has 0 spiro atoms. The van der Waals surface area contributed by atoms with Crippen molar-refractivity contribution in [3.63, 3.8) is 0 Å². The quantitative estimate of drug-likeness (QED) is 0.799. The van der Waals surface area contributed by atoms with Gasteiger partial charge in [-0.05, 0) is 30.7 Å². The third-order valence-electron chi connectivity index (χ3n) is 2.84. The molecule has 2 rings (SSSR count). The molecule has 0 atom stereocenters. The Bertz CT molecular complexity index is 575. The summed E-state index contributed by atoms with van der Waals surface area (Å²) in [5.41, 5.74) is 0.846. The summed E-state index contributed by atoms with van der Waals surface area (Å²) in [6.45, 7) is 0.909. The van der Waals surface area contributed by atoms with E-state index in [9.17, 15) is 4.79 Å². The Morgan fingerprint density at radius 3 is 2.76 bits per heavy atom. The maximum absolute atomic E-state index is 11.7. The molecule has 2 aromatic rings. The highest BCUT2D eigenvalue weighted by molar-refractivity contribution is 6.32. The van der Waals surface area contributed by atoms with Crippen LogP contribution in [0, 0.1) is 0 Å². The molecule has 21 heavy (non-hydrogen) atoms. The Balaban J connectivity index is 1.62. The van der Waals surface area contributed by atoms with E-state index in [-0.39, 0.29) is 5.91 Å². The highest BCUT2D eigenvalue weighted by atomic mass is 35.5. The van der Waals surface area contributed by atoms with Crippen LogP contribution in [-0.4, -0.2) is 17.5 Å². The molecule has 0 bridgehead atoms. The van der Waals surface area contributed by atoms with Crippen LogP contribution in [0.5, 0.6) is 5.75 Å². The lowest BCUT2D eigenvalue weighted by atomic mass is 10.3. The molecule has 0 saturated carbocycles. The number of carbonyl (C=O) groups is 1. The largest absolute Gasteiger partial charge is 0.492 e. The molecule has 0 aliphatic rings. The Morgan fingerprint density at radius 2 is 2.00 bits per heavy atom. The Hall–Kier alpha value is -2.07. The molecule has 4 nitrogen and oxygen atoms in total. The first-order valence-corrected chi connectivity index (χ1v) is 7.17. The summed E-state index contributed by atoms with van der Waals surface area (Å²) in [5, 5.41) is 3.41. The fourth-order valence-electron chi connectivity index (χ4n) is 1.76. The van der Waals surface area contributed by atoms with E-state index in [1.54, 1.807) is 12.3 Å². The van der Waals surface area contributed by atoms with Gasteiger partial charge < -0.3 is 10.1 Å². The van der Waals surface area contributed by atoms with Gasteiger partial charge in [0.2, 0.25) is 5.91 Å². The van der Waals surface area contributed by atoms with Crippen molar-refractivity contribution in [3.8, 4) is 5.75 Å². The van der Waals surface area contributed by atoms with Gasteiger partial charge in [-0.15, -0.1) is 0 Å². The standard InChI is InChI=1S/C16H17ClN2O2/c17-14-7-1-2-8-15(14)21-11-5-9-16(20)19-12-13-6-3-4-10-18-13/h1-4,6-8,10H,5,9,11-12H2,(H,19,20). The van der Waals surface area contributed by atoms with Crippen LogP contribution in [0.4, 0.5) is 0 Å². The van der Waals surface area contributed by atoms with Crippen molar-refractivity contribution in [3.05, 3.63) is 59.4 Å². The molecule has 1 heterocycles. The summed E-state index contributed by atoms with van der Waals surface area (Å²) in [4.78, 5) is 15.8. The van der Waals surface area contributed by atoms with E-state index >= 15 is 0 Å². The SMILES string of the molecule is O=C(CCCOc1ccccc1Cl)NCc1ccccn1. The Labute approximate surface area is 129 Å². The number of hydrogen-bond acceptors (Lipinski definition) is 3. The number of pyridine rings is 1. The summed E-state index contributed by atoms with van der Waals surface area (Å²) in [6, 6.07) is 12.9. The predicted molar refractivity (Wildman–Crippen MR) is 82.3 cm³/mol. The summed E-state index contributed by atoms with van der Waals surface area (Å²) < 4.78 is 5.53. The van der Waals surface area contributed by atoms with E-state index in [1.807, 2.05) is 36.4 Å². The van der Waals surface area contributed by atoms with Crippen molar-refractivity contribution in [2.45, 2.75) is 19.4 Å². The minimum Gasteiger partial charge on any atom is -0.492 e. The fraction of sp³-hybridized carbons (Fsp3) is 0.250. The van der Waals surface area contributed by atoms with Crippen molar-refractivity contribution < 1.29 is 9.53 Å². The summed E-state index contributed by atoms with van der Waals surface area (Å²) in [7, 11) is 0. The molecule has 110 valence electrons. The van der Waals surface area contributed by atoms with Gasteiger partial charge in [-0.25, -0.2) is 0 Å². The number of aromatic nitrogens is 1. The van der Waals surface area contributed by atoms with Crippen LogP contribution in [0.2, 0.25) is 5.02 Å². The van der Waals surface area contributed by atoms with Gasteiger partial charge in [-0.3, -0.25) is 9.78 Å². The lowest BCUT2D eigenvalue weighted by Gasteiger charge is -2.08. The van der Waals surface area contributed by atoms with Crippen molar-refractivity contribution >= 4 is 17.5 Å². The number of para-hydroxylation sites is 1. The number of carbonyl (C=O) groups excluding carboxylic acids is 1. The molecule has 1 amide bonds. The van der Waals surface area contributed by atoms with Gasteiger partial charge in [-0.2, -0.15) is 0 Å². The molecule has 0 unspecified atom stereocenters. The predicted octanol–water partition coefficient (Wildman–Crippen LogP) is 3.21. The highest BCUT2D eigenvalue weighted by Crippen LogP contribution is 2.23. The van der Waals surface area contributed by atoms with Gasteiger partial charge in [0.15, 0.2) is 0 Å². The first kappa shape index (κ1) is 15.3. The van der Waals surface area contributed by atoms with Crippen molar-refractivity contribution in [1.29, 1.82) is 0 Å². The Kier molecular flexibility index (Phi) is 6.03. The van der Waals surface area contributed by atoms with E-state index in [0.717, 1.165) is 5.69 Å². The van der Waals surface area contributed by atoms with Crippen LogP contribution in [-0.2, 0) is 11.3 Å². The minimum absolute atomic E-state index is 0.0107. The maximum Gasteiger partial charge on any atom is 0.220 e. The molecule has 1 aromatic carbocycles. The second-order valence-electron chi connectivity index (χ2n) is 4.48. The van der Waals surface area contributed by atoms with E-state index in [1.165, 1.54) is 0 Å². The molecule has 0 saturated heterocycles. The third-order valence-corrected chi connectivity index (χ3v) is 3.15. The van der Waals surface area contributed by atoms with Crippen LogP contribution in [0.1, 0.15) is 18.5 Å². The molecule has 1 aromatic heterocycles. The van der Waals surface area contributed by atoms with E-state index in [2.05, 4.69) is 10.3 Å². The first-order chi connectivity index (χ1) is 10.3. The van der Waals surface area contributed by atoms with Gasteiger partial charge in [0.05, 0.1) is 23.9 Å². The molecule has 0 aliphatic heterocycles. The highest BCUT2D eigenvalue weighted by Gasteiger charge is 2.03. The molecule has 0 fully saturated rings. The molecule has 0 radical (unpaired) electrons. The molecule has 1 N–H and O–H groups in total. The molecule has 0 aliphatic carbocycles. The van der Waals surface area contributed by atoms with Gasteiger partial charge in [-0.1, -0.05) is 29.8 Å². The molecule has 5 heteroatoms. The summed E-state index contributed by atoms with van der Waals surface area (Å²) in [6.07, 6.45) is 2.76. The summed E-state index contributed by atoms with van der Waals surface area (Å²) in [5.74, 6) is 0.636. The van der Waals surface area contributed by atoms with Crippen molar-refractivity contribution in [2.75, 3.05) is 6.61 Å². The monoisotopic (exact) mass is 304 g/mol.